The highest BCUT2D eigenvalue weighted by Crippen LogP contribution is 2.25. The highest BCUT2D eigenvalue weighted by atomic mass is 16.6. The molecule has 0 aromatic carbocycles. The third kappa shape index (κ3) is 4.19. The number of amides is 1. The van der Waals surface area contributed by atoms with Crippen molar-refractivity contribution in [3.63, 3.8) is 0 Å². The minimum Gasteiger partial charge on any atom is -0.443 e. The summed E-state index contributed by atoms with van der Waals surface area (Å²) in [7, 11) is 0. The average molecular weight is 305 g/mol. The Kier molecular flexibility index (Phi) is 5.06. The minimum atomic E-state index is -0.516. The van der Waals surface area contributed by atoms with Crippen LogP contribution in [0.25, 0.3) is 0 Å². The van der Waals surface area contributed by atoms with Crippen molar-refractivity contribution in [1.29, 1.82) is 0 Å². The topological polar surface area (TPSA) is 54.5 Å². The Morgan fingerprint density at radius 2 is 2.14 bits per heavy atom. The number of nitrogens with one attached hydrogen (secondary N) is 1. The van der Waals surface area contributed by atoms with Crippen molar-refractivity contribution in [3.8, 4) is 0 Å². The van der Waals surface area contributed by atoms with E-state index in [-0.39, 0.29) is 12.1 Å². The molecule has 1 N–H and O–H groups in total. The second-order valence-corrected chi connectivity index (χ2v) is 7.04. The van der Waals surface area contributed by atoms with Crippen molar-refractivity contribution >= 4 is 11.9 Å². The summed E-state index contributed by atoms with van der Waals surface area (Å²) in [6.07, 6.45) is 3.84. The first-order valence-corrected chi connectivity index (χ1v) is 7.99. The molecule has 0 bridgehead atoms. The maximum atomic E-state index is 12.4. The van der Waals surface area contributed by atoms with E-state index in [1.54, 1.807) is 4.90 Å². The molecule has 1 fully saturated rings. The molecule has 1 aromatic heterocycles. The molecular formula is C17H27N3O2. The van der Waals surface area contributed by atoms with Gasteiger partial charge in [-0.25, -0.2) is 9.78 Å². The number of pyridine rings is 1. The molecule has 2 heterocycles. The Bertz CT molecular complexity index is 500. The second-order valence-electron chi connectivity index (χ2n) is 7.04. The standard InChI is InChI=1S/C17H27N3O2/c1-12(2)20(16(21)22-17(3,4)5)15-9-8-13(11-19-15)14-7-6-10-18-14/h8-9,11-12,14,18H,6-7,10H2,1-5H3/t14-/m0/s1. The number of carbonyl (C=O) groups is 1. The Morgan fingerprint density at radius 1 is 1.41 bits per heavy atom. The van der Waals surface area contributed by atoms with Crippen LogP contribution in [-0.4, -0.2) is 29.3 Å². The highest BCUT2D eigenvalue weighted by Gasteiger charge is 2.26. The first-order valence-electron chi connectivity index (χ1n) is 7.99. The van der Waals surface area contributed by atoms with Crippen molar-refractivity contribution in [2.75, 3.05) is 11.4 Å². The monoisotopic (exact) mass is 305 g/mol. The minimum absolute atomic E-state index is 0.0159. The van der Waals surface area contributed by atoms with Gasteiger partial charge in [-0.1, -0.05) is 6.07 Å². The Balaban J connectivity index is 2.16. The lowest BCUT2D eigenvalue weighted by molar-refractivity contribution is 0.0569. The summed E-state index contributed by atoms with van der Waals surface area (Å²) in [5, 5.41) is 3.45. The highest BCUT2D eigenvalue weighted by molar-refractivity contribution is 5.87. The van der Waals surface area contributed by atoms with Gasteiger partial charge in [-0.2, -0.15) is 0 Å². The summed E-state index contributed by atoms with van der Waals surface area (Å²) in [5.41, 5.74) is 0.659. The van der Waals surface area contributed by atoms with Crippen molar-refractivity contribution < 1.29 is 9.53 Å². The number of hydrogen-bond donors (Lipinski definition) is 1. The molecule has 1 atom stereocenters. The average Bonchev–Trinajstić information content (AvgIpc) is 2.91. The molecule has 22 heavy (non-hydrogen) atoms. The van der Waals surface area contributed by atoms with Crippen LogP contribution < -0.4 is 10.2 Å². The molecule has 0 spiro atoms. The Morgan fingerprint density at radius 3 is 2.59 bits per heavy atom. The van der Waals surface area contributed by atoms with Gasteiger partial charge in [0.25, 0.3) is 0 Å². The normalized spacial score (nSPS) is 18.5. The van der Waals surface area contributed by atoms with Gasteiger partial charge in [-0.3, -0.25) is 4.90 Å². The zero-order valence-corrected chi connectivity index (χ0v) is 14.2. The third-order valence-corrected chi connectivity index (χ3v) is 3.59. The number of aromatic nitrogens is 1. The van der Waals surface area contributed by atoms with Crippen molar-refractivity contribution in [1.82, 2.24) is 10.3 Å². The Labute approximate surface area is 133 Å². The van der Waals surface area contributed by atoms with Gasteiger partial charge in [-0.15, -0.1) is 0 Å². The molecule has 0 saturated carbocycles. The smallest absolute Gasteiger partial charge is 0.416 e. The van der Waals surface area contributed by atoms with Gasteiger partial charge in [0.05, 0.1) is 0 Å². The molecule has 1 aliphatic rings. The van der Waals surface area contributed by atoms with Crippen LogP contribution in [0.3, 0.4) is 0 Å². The van der Waals surface area contributed by atoms with E-state index in [1.165, 1.54) is 12.0 Å². The zero-order valence-electron chi connectivity index (χ0n) is 14.2. The molecule has 1 aromatic rings. The summed E-state index contributed by atoms with van der Waals surface area (Å²) in [4.78, 5) is 18.5. The van der Waals surface area contributed by atoms with Crippen LogP contribution in [0.1, 0.15) is 59.1 Å². The molecule has 1 amide bonds. The molecule has 0 unspecified atom stereocenters. The Hall–Kier alpha value is -1.62. The van der Waals surface area contributed by atoms with Gasteiger partial charge in [-0.05, 0) is 65.6 Å². The van der Waals surface area contributed by atoms with Crippen LogP contribution in [0, 0.1) is 0 Å². The lowest BCUT2D eigenvalue weighted by Gasteiger charge is -2.29. The number of nitrogens with zero attached hydrogens (tertiary/aromatic N) is 2. The molecule has 122 valence electrons. The first kappa shape index (κ1) is 16.7. The second kappa shape index (κ2) is 6.65. The SMILES string of the molecule is CC(C)N(C(=O)OC(C)(C)C)c1ccc([C@@H]2CCCN2)cn1. The van der Waals surface area contributed by atoms with Gasteiger partial charge >= 0.3 is 6.09 Å². The van der Waals surface area contributed by atoms with Crippen LogP contribution >= 0.6 is 0 Å². The first-order chi connectivity index (χ1) is 10.3. The van der Waals surface area contributed by atoms with Gasteiger partial charge < -0.3 is 10.1 Å². The van der Waals surface area contributed by atoms with E-state index in [0.717, 1.165) is 13.0 Å². The third-order valence-electron chi connectivity index (χ3n) is 3.59. The van der Waals surface area contributed by atoms with E-state index in [9.17, 15) is 4.79 Å². The van der Waals surface area contributed by atoms with Gasteiger partial charge in [0.2, 0.25) is 0 Å². The lowest BCUT2D eigenvalue weighted by Crippen LogP contribution is -2.41. The maximum absolute atomic E-state index is 12.4. The summed E-state index contributed by atoms with van der Waals surface area (Å²) >= 11 is 0. The van der Waals surface area contributed by atoms with Crippen molar-refractivity contribution in [3.05, 3.63) is 23.9 Å². The molecule has 2 rings (SSSR count). The number of rotatable bonds is 3. The molecule has 1 saturated heterocycles. The van der Waals surface area contributed by atoms with Crippen LogP contribution in [0.15, 0.2) is 18.3 Å². The van der Waals surface area contributed by atoms with Crippen molar-refractivity contribution in [2.45, 2.75) is 65.1 Å². The quantitative estimate of drug-likeness (QED) is 0.926. The number of carbonyl (C=O) groups excluding carboxylic acids is 1. The number of ether oxygens (including phenoxy) is 1. The summed E-state index contributed by atoms with van der Waals surface area (Å²) < 4.78 is 5.48. The molecule has 1 aliphatic heterocycles. The summed E-state index contributed by atoms with van der Waals surface area (Å²) in [6.45, 7) is 10.6. The predicted molar refractivity (Wildman–Crippen MR) is 88.1 cm³/mol. The summed E-state index contributed by atoms with van der Waals surface area (Å²) in [6, 6.07) is 4.32. The molecule has 0 radical (unpaired) electrons. The maximum Gasteiger partial charge on any atom is 0.416 e. The van der Waals surface area contributed by atoms with E-state index in [0.29, 0.717) is 11.9 Å². The number of anilines is 1. The fraction of sp³-hybridized carbons (Fsp3) is 0.647. The largest absolute Gasteiger partial charge is 0.443 e. The molecular weight excluding hydrogens is 278 g/mol. The van der Waals surface area contributed by atoms with Gasteiger partial charge in [0.15, 0.2) is 0 Å². The van der Waals surface area contributed by atoms with E-state index in [2.05, 4.69) is 10.3 Å². The van der Waals surface area contributed by atoms with Gasteiger partial charge in [0, 0.05) is 18.3 Å². The lowest BCUT2D eigenvalue weighted by atomic mass is 10.1. The van der Waals surface area contributed by atoms with Crippen LogP contribution in [-0.2, 0) is 4.74 Å². The molecule has 0 aliphatic carbocycles. The van der Waals surface area contributed by atoms with E-state index < -0.39 is 5.60 Å². The molecule has 5 nitrogen and oxygen atoms in total. The van der Waals surface area contributed by atoms with Crippen LogP contribution in [0.5, 0.6) is 0 Å². The fourth-order valence-electron chi connectivity index (χ4n) is 2.60. The summed E-state index contributed by atoms with van der Waals surface area (Å²) in [5.74, 6) is 0.631. The van der Waals surface area contributed by atoms with Crippen LogP contribution in [0.4, 0.5) is 10.6 Å². The van der Waals surface area contributed by atoms with E-state index in [4.69, 9.17) is 4.74 Å². The van der Waals surface area contributed by atoms with E-state index in [1.807, 2.05) is 52.9 Å². The number of hydrogen-bond acceptors (Lipinski definition) is 4. The van der Waals surface area contributed by atoms with Crippen LogP contribution in [0.2, 0.25) is 0 Å². The van der Waals surface area contributed by atoms with Gasteiger partial charge in [0.1, 0.15) is 11.4 Å². The molecule has 5 heteroatoms. The zero-order chi connectivity index (χ0) is 16.3. The van der Waals surface area contributed by atoms with Crippen molar-refractivity contribution in [2.24, 2.45) is 0 Å². The predicted octanol–water partition coefficient (Wildman–Crippen LogP) is 3.66. The van der Waals surface area contributed by atoms with E-state index >= 15 is 0 Å². The fourth-order valence-corrected chi connectivity index (χ4v) is 2.60.